The number of furan rings is 1. The fraction of sp³-hybridized carbons (Fsp3) is 0.706. The Hall–Kier alpha value is -1.33. The summed E-state index contributed by atoms with van der Waals surface area (Å²) in [7, 11) is 0. The first-order chi connectivity index (χ1) is 10.8. The molecular formula is C17H24N2O3. The highest BCUT2D eigenvalue weighted by Crippen LogP contribution is 2.36. The van der Waals surface area contributed by atoms with Gasteiger partial charge < -0.3 is 14.5 Å². The molecule has 0 spiro atoms. The zero-order chi connectivity index (χ0) is 14.9. The van der Waals surface area contributed by atoms with Crippen molar-refractivity contribution in [2.75, 3.05) is 13.1 Å². The molecule has 1 amide bonds. The molecule has 5 nitrogen and oxygen atoms in total. The molecule has 1 aliphatic carbocycles. The highest BCUT2D eigenvalue weighted by atomic mass is 16.5. The summed E-state index contributed by atoms with van der Waals surface area (Å²) >= 11 is 0. The van der Waals surface area contributed by atoms with E-state index in [4.69, 9.17) is 9.15 Å². The molecule has 1 N–H and O–H groups in total. The molecule has 2 aliphatic heterocycles. The SMILES string of the molecule is O=C(NCc1ccco1)[C@H]1C[C@@H]2CCN(C3CCC3)C[C@@H]2O1. The van der Waals surface area contributed by atoms with Gasteiger partial charge in [-0.15, -0.1) is 0 Å². The molecule has 5 heteroatoms. The molecule has 0 unspecified atom stereocenters. The van der Waals surface area contributed by atoms with Gasteiger partial charge >= 0.3 is 0 Å². The molecule has 4 rings (SSSR count). The summed E-state index contributed by atoms with van der Waals surface area (Å²) in [5, 5.41) is 2.92. The minimum Gasteiger partial charge on any atom is -0.467 e. The van der Waals surface area contributed by atoms with Crippen molar-refractivity contribution in [2.45, 2.75) is 56.9 Å². The number of carbonyl (C=O) groups is 1. The van der Waals surface area contributed by atoms with E-state index in [-0.39, 0.29) is 18.1 Å². The van der Waals surface area contributed by atoms with Crippen LogP contribution >= 0.6 is 0 Å². The number of nitrogens with zero attached hydrogens (tertiary/aromatic N) is 1. The number of nitrogens with one attached hydrogen (secondary N) is 1. The lowest BCUT2D eigenvalue weighted by molar-refractivity contribution is -0.133. The van der Waals surface area contributed by atoms with Crippen molar-refractivity contribution < 1.29 is 13.9 Å². The summed E-state index contributed by atoms with van der Waals surface area (Å²) < 4.78 is 11.3. The predicted octanol–water partition coefficient (Wildman–Crippen LogP) is 1.93. The molecule has 0 radical (unpaired) electrons. The molecule has 3 fully saturated rings. The molecule has 3 aliphatic rings. The van der Waals surface area contributed by atoms with Crippen molar-refractivity contribution in [1.82, 2.24) is 10.2 Å². The quantitative estimate of drug-likeness (QED) is 0.923. The molecule has 22 heavy (non-hydrogen) atoms. The van der Waals surface area contributed by atoms with Gasteiger partial charge in [0.05, 0.1) is 18.9 Å². The first kappa shape index (κ1) is 14.3. The van der Waals surface area contributed by atoms with E-state index in [1.54, 1.807) is 6.26 Å². The van der Waals surface area contributed by atoms with Crippen LogP contribution in [0.15, 0.2) is 22.8 Å². The highest BCUT2D eigenvalue weighted by Gasteiger charge is 2.43. The van der Waals surface area contributed by atoms with E-state index in [1.807, 2.05) is 12.1 Å². The predicted molar refractivity (Wildman–Crippen MR) is 81.2 cm³/mol. The summed E-state index contributed by atoms with van der Waals surface area (Å²) in [5.41, 5.74) is 0. The standard InChI is InChI=1S/C17H24N2O3/c20-17(18-10-14-5-2-8-21-14)15-9-12-6-7-19(11-16(12)22-15)13-3-1-4-13/h2,5,8,12-13,15-16H,1,3-4,6-7,9-11H2,(H,18,20)/t12-,15+,16-/m0/s1. The zero-order valence-electron chi connectivity index (χ0n) is 12.9. The van der Waals surface area contributed by atoms with Crippen molar-refractivity contribution in [1.29, 1.82) is 0 Å². The van der Waals surface area contributed by atoms with Crippen molar-refractivity contribution in [3.63, 3.8) is 0 Å². The second-order valence-electron chi connectivity index (χ2n) is 6.82. The molecule has 1 aromatic rings. The Bertz CT molecular complexity index is 512. The van der Waals surface area contributed by atoms with Gasteiger partial charge in [-0.1, -0.05) is 6.42 Å². The second kappa shape index (κ2) is 6.05. The Balaban J connectivity index is 1.29. The Morgan fingerprint density at radius 3 is 3.00 bits per heavy atom. The zero-order valence-corrected chi connectivity index (χ0v) is 12.9. The number of rotatable bonds is 4. The number of likely N-dealkylation sites (tertiary alicyclic amines) is 1. The van der Waals surface area contributed by atoms with Crippen LogP contribution in [0.1, 0.15) is 37.9 Å². The van der Waals surface area contributed by atoms with Crippen LogP contribution in [0.25, 0.3) is 0 Å². The van der Waals surface area contributed by atoms with Gasteiger partial charge in [0.2, 0.25) is 5.91 Å². The van der Waals surface area contributed by atoms with Gasteiger partial charge in [0.1, 0.15) is 11.9 Å². The third-order valence-corrected chi connectivity index (χ3v) is 5.48. The number of fused-ring (bicyclic) bond motifs is 1. The smallest absolute Gasteiger partial charge is 0.249 e. The first-order valence-electron chi connectivity index (χ1n) is 8.49. The molecule has 120 valence electrons. The van der Waals surface area contributed by atoms with Gasteiger partial charge in [-0.05, 0) is 50.3 Å². The Morgan fingerprint density at radius 2 is 2.27 bits per heavy atom. The Labute approximate surface area is 131 Å². The third-order valence-electron chi connectivity index (χ3n) is 5.48. The number of hydrogen-bond acceptors (Lipinski definition) is 4. The molecule has 2 saturated heterocycles. The van der Waals surface area contributed by atoms with Gasteiger partial charge in [-0.25, -0.2) is 0 Å². The number of hydrogen-bond donors (Lipinski definition) is 1. The van der Waals surface area contributed by atoms with Crippen LogP contribution in [0.5, 0.6) is 0 Å². The van der Waals surface area contributed by atoms with Crippen molar-refractivity contribution >= 4 is 5.91 Å². The van der Waals surface area contributed by atoms with Crippen molar-refractivity contribution in [2.24, 2.45) is 5.92 Å². The first-order valence-corrected chi connectivity index (χ1v) is 8.49. The van der Waals surface area contributed by atoms with Crippen LogP contribution in [0.3, 0.4) is 0 Å². The van der Waals surface area contributed by atoms with Crippen LogP contribution in [-0.4, -0.2) is 42.1 Å². The number of piperidine rings is 1. The number of carbonyl (C=O) groups excluding carboxylic acids is 1. The van der Waals surface area contributed by atoms with Crippen LogP contribution < -0.4 is 5.32 Å². The van der Waals surface area contributed by atoms with E-state index in [1.165, 1.54) is 32.2 Å². The monoisotopic (exact) mass is 304 g/mol. The third kappa shape index (κ3) is 2.79. The summed E-state index contributed by atoms with van der Waals surface area (Å²) in [6, 6.07) is 4.47. The Kier molecular flexibility index (Phi) is 3.92. The topological polar surface area (TPSA) is 54.7 Å². The van der Waals surface area contributed by atoms with Gasteiger partial charge in [0.15, 0.2) is 0 Å². The molecular weight excluding hydrogens is 280 g/mol. The normalized spacial score (nSPS) is 32.5. The summed E-state index contributed by atoms with van der Waals surface area (Å²) in [6.07, 6.45) is 7.66. The number of amides is 1. The fourth-order valence-corrected chi connectivity index (χ4v) is 3.91. The maximum Gasteiger partial charge on any atom is 0.249 e. The molecule has 3 heterocycles. The lowest BCUT2D eigenvalue weighted by Crippen LogP contribution is -2.49. The highest BCUT2D eigenvalue weighted by molar-refractivity contribution is 5.81. The summed E-state index contributed by atoms with van der Waals surface area (Å²) in [4.78, 5) is 14.9. The molecule has 1 saturated carbocycles. The van der Waals surface area contributed by atoms with Crippen molar-refractivity contribution in [3.8, 4) is 0 Å². The number of ether oxygens (including phenoxy) is 1. The maximum atomic E-state index is 12.3. The maximum absolute atomic E-state index is 12.3. The summed E-state index contributed by atoms with van der Waals surface area (Å²) in [6.45, 7) is 2.63. The lowest BCUT2D eigenvalue weighted by atomic mass is 9.86. The van der Waals surface area contributed by atoms with Crippen LogP contribution in [0.4, 0.5) is 0 Å². The molecule has 1 aromatic heterocycles. The van der Waals surface area contributed by atoms with E-state index in [9.17, 15) is 4.79 Å². The molecule has 0 aromatic carbocycles. The van der Waals surface area contributed by atoms with E-state index >= 15 is 0 Å². The van der Waals surface area contributed by atoms with Crippen LogP contribution in [0, 0.1) is 5.92 Å². The van der Waals surface area contributed by atoms with Crippen LogP contribution in [-0.2, 0) is 16.1 Å². The average Bonchev–Trinajstić information content (AvgIpc) is 3.11. The van der Waals surface area contributed by atoms with Gasteiger partial charge in [-0.2, -0.15) is 0 Å². The Morgan fingerprint density at radius 1 is 1.36 bits per heavy atom. The van der Waals surface area contributed by atoms with E-state index in [0.29, 0.717) is 12.5 Å². The molecule has 3 atom stereocenters. The average molecular weight is 304 g/mol. The lowest BCUT2D eigenvalue weighted by Gasteiger charge is -2.43. The minimum absolute atomic E-state index is 0.000921. The van der Waals surface area contributed by atoms with Crippen LogP contribution in [0.2, 0.25) is 0 Å². The molecule has 0 bridgehead atoms. The van der Waals surface area contributed by atoms with E-state index < -0.39 is 0 Å². The second-order valence-corrected chi connectivity index (χ2v) is 6.82. The minimum atomic E-state index is -0.286. The summed E-state index contributed by atoms with van der Waals surface area (Å²) in [5.74, 6) is 1.33. The van der Waals surface area contributed by atoms with Gasteiger partial charge in [0, 0.05) is 12.6 Å². The van der Waals surface area contributed by atoms with Crippen molar-refractivity contribution in [3.05, 3.63) is 24.2 Å². The van der Waals surface area contributed by atoms with E-state index in [2.05, 4.69) is 10.2 Å². The van der Waals surface area contributed by atoms with Gasteiger partial charge in [0.25, 0.3) is 0 Å². The largest absolute Gasteiger partial charge is 0.467 e. The van der Waals surface area contributed by atoms with E-state index in [0.717, 1.165) is 24.8 Å². The van der Waals surface area contributed by atoms with Gasteiger partial charge in [-0.3, -0.25) is 9.69 Å². The fourth-order valence-electron chi connectivity index (χ4n) is 3.91.